The highest BCUT2D eigenvalue weighted by molar-refractivity contribution is 6.36. The minimum absolute atomic E-state index is 0.144. The summed E-state index contributed by atoms with van der Waals surface area (Å²) in [5, 5.41) is 19.8. The highest BCUT2D eigenvalue weighted by atomic mass is 35.5. The maximum atomic E-state index is 13.2. The van der Waals surface area contributed by atoms with Crippen molar-refractivity contribution in [2.24, 2.45) is 0 Å². The normalized spacial score (nSPS) is 11.9. The van der Waals surface area contributed by atoms with Gasteiger partial charge in [0, 0.05) is 27.9 Å². The molecule has 0 spiro atoms. The summed E-state index contributed by atoms with van der Waals surface area (Å²) in [6.07, 6.45) is 0.403. The lowest BCUT2D eigenvalue weighted by molar-refractivity contribution is -0.139. The van der Waals surface area contributed by atoms with Crippen molar-refractivity contribution in [3.63, 3.8) is 0 Å². The molecule has 0 aromatic heterocycles. The Labute approximate surface area is 183 Å². The minimum Gasteiger partial charge on any atom is -0.508 e. The molecule has 0 bridgehead atoms. The molecule has 2 N–H and O–H groups in total. The van der Waals surface area contributed by atoms with Crippen LogP contribution in [-0.4, -0.2) is 22.8 Å². The van der Waals surface area contributed by atoms with Gasteiger partial charge in [-0.1, -0.05) is 54.4 Å². The average molecular weight is 449 g/mol. The van der Waals surface area contributed by atoms with Gasteiger partial charge in [-0.2, -0.15) is 0 Å². The predicted octanol–water partition coefficient (Wildman–Crippen LogP) is 6.04. The highest BCUT2D eigenvalue weighted by Gasteiger charge is 2.16. The van der Waals surface area contributed by atoms with E-state index in [1.165, 1.54) is 24.3 Å². The van der Waals surface area contributed by atoms with Crippen molar-refractivity contribution in [2.75, 3.05) is 6.61 Å². The van der Waals surface area contributed by atoms with Crippen molar-refractivity contribution in [1.82, 2.24) is 0 Å². The predicted molar refractivity (Wildman–Crippen MR) is 114 cm³/mol. The number of rotatable bonds is 7. The van der Waals surface area contributed by atoms with Crippen molar-refractivity contribution in [3.05, 3.63) is 92.7 Å². The first-order valence-electron chi connectivity index (χ1n) is 9.14. The Morgan fingerprint density at radius 1 is 1.07 bits per heavy atom. The number of benzene rings is 3. The number of halogens is 3. The summed E-state index contributed by atoms with van der Waals surface area (Å²) < 4.78 is 18.3. The molecular formula is C23H19Cl2FO4. The molecule has 1 unspecified atom stereocenters. The Morgan fingerprint density at radius 3 is 2.30 bits per heavy atom. The fourth-order valence-corrected chi connectivity index (χ4v) is 3.77. The molecule has 3 rings (SSSR count). The molecule has 7 heteroatoms. The zero-order valence-electron chi connectivity index (χ0n) is 16.0. The molecule has 0 saturated carbocycles. The van der Waals surface area contributed by atoms with Gasteiger partial charge in [0.1, 0.15) is 17.3 Å². The third-order valence-electron chi connectivity index (χ3n) is 4.79. The third kappa shape index (κ3) is 5.23. The molecule has 0 aliphatic carbocycles. The van der Waals surface area contributed by atoms with Crippen LogP contribution in [0.3, 0.4) is 0 Å². The number of aliphatic carboxylic acids is 1. The number of phenolic OH excluding ortho intramolecular Hbond substituents is 1. The Hall–Kier alpha value is -2.76. The first-order valence-corrected chi connectivity index (χ1v) is 9.90. The number of carboxylic acids is 1. The molecule has 1 atom stereocenters. The largest absolute Gasteiger partial charge is 0.508 e. The van der Waals surface area contributed by atoms with Crippen LogP contribution in [0.5, 0.6) is 11.5 Å². The number of aromatic hydroxyl groups is 1. The summed E-state index contributed by atoms with van der Waals surface area (Å²) in [6.45, 7) is 1.44. The fourth-order valence-electron chi connectivity index (χ4n) is 3.17. The number of phenols is 1. The van der Waals surface area contributed by atoms with Crippen LogP contribution in [0.1, 0.15) is 35.1 Å². The van der Waals surface area contributed by atoms with Gasteiger partial charge in [-0.05, 0) is 47.0 Å². The molecule has 3 aromatic rings. The fraction of sp³-hybridized carbons (Fsp3) is 0.174. The number of carboxylic acid groups (broad SMARTS) is 1. The second-order valence-corrected chi connectivity index (χ2v) is 7.71. The maximum absolute atomic E-state index is 13.2. The lowest BCUT2D eigenvalue weighted by Gasteiger charge is -2.16. The van der Waals surface area contributed by atoms with Crippen LogP contribution in [-0.2, 0) is 11.2 Å². The van der Waals surface area contributed by atoms with E-state index in [-0.39, 0.29) is 23.2 Å². The standard InChI is InChI=1S/C23H19Cl2FO4/c1-13(15-3-5-16(26)6-4-15)18-8-14(2-7-22(18)27)9-19-20(24)10-17(11-21(19)25)30-12-23(28)29/h2-8,10-11,13,27H,9,12H2,1H3,(H,28,29). The second-order valence-electron chi connectivity index (χ2n) is 6.89. The SMILES string of the molecule is CC(c1ccc(F)cc1)c1cc(Cc2c(Cl)cc(OCC(=O)O)cc2Cl)ccc1O. The van der Waals surface area contributed by atoms with E-state index in [4.69, 9.17) is 33.0 Å². The minimum atomic E-state index is -1.10. The van der Waals surface area contributed by atoms with Gasteiger partial charge in [-0.15, -0.1) is 0 Å². The molecule has 156 valence electrons. The molecule has 0 heterocycles. The zero-order chi connectivity index (χ0) is 21.8. The smallest absolute Gasteiger partial charge is 0.341 e. The average Bonchev–Trinajstić information content (AvgIpc) is 2.70. The van der Waals surface area contributed by atoms with E-state index in [2.05, 4.69) is 0 Å². The molecule has 4 nitrogen and oxygen atoms in total. The first kappa shape index (κ1) is 21.9. The number of carbonyl (C=O) groups is 1. The van der Waals surface area contributed by atoms with Gasteiger partial charge >= 0.3 is 5.97 Å². The van der Waals surface area contributed by atoms with Gasteiger partial charge in [-0.3, -0.25) is 0 Å². The van der Waals surface area contributed by atoms with Crippen molar-refractivity contribution in [3.8, 4) is 11.5 Å². The molecule has 0 amide bonds. The van der Waals surface area contributed by atoms with E-state index in [1.54, 1.807) is 24.3 Å². The first-order chi connectivity index (χ1) is 14.2. The Balaban J connectivity index is 1.86. The lowest BCUT2D eigenvalue weighted by atomic mass is 9.90. The molecule has 0 radical (unpaired) electrons. The monoisotopic (exact) mass is 448 g/mol. The topological polar surface area (TPSA) is 66.8 Å². The van der Waals surface area contributed by atoms with Crippen LogP contribution in [0.4, 0.5) is 4.39 Å². The van der Waals surface area contributed by atoms with E-state index in [0.717, 1.165) is 11.1 Å². The Morgan fingerprint density at radius 2 is 1.70 bits per heavy atom. The maximum Gasteiger partial charge on any atom is 0.341 e. The lowest BCUT2D eigenvalue weighted by Crippen LogP contribution is -2.09. The van der Waals surface area contributed by atoms with Crippen LogP contribution in [0.15, 0.2) is 54.6 Å². The molecule has 3 aromatic carbocycles. The summed E-state index contributed by atoms with van der Waals surface area (Å²) in [4.78, 5) is 10.7. The third-order valence-corrected chi connectivity index (χ3v) is 5.46. The van der Waals surface area contributed by atoms with Crippen molar-refractivity contribution in [2.45, 2.75) is 19.3 Å². The van der Waals surface area contributed by atoms with Crippen molar-refractivity contribution in [1.29, 1.82) is 0 Å². The quantitative estimate of drug-likeness (QED) is 0.461. The molecule has 0 fully saturated rings. The van der Waals surface area contributed by atoms with E-state index in [1.807, 2.05) is 13.0 Å². The number of hydrogen-bond donors (Lipinski definition) is 2. The van der Waals surface area contributed by atoms with Gasteiger partial charge in [0.25, 0.3) is 0 Å². The number of ether oxygens (including phenoxy) is 1. The highest BCUT2D eigenvalue weighted by Crippen LogP contribution is 2.35. The van der Waals surface area contributed by atoms with Crippen LogP contribution < -0.4 is 4.74 Å². The van der Waals surface area contributed by atoms with Crippen LogP contribution in [0, 0.1) is 5.82 Å². The summed E-state index contributed by atoms with van der Waals surface area (Å²) in [7, 11) is 0. The molecule has 30 heavy (non-hydrogen) atoms. The van der Waals surface area contributed by atoms with Gasteiger partial charge in [0.15, 0.2) is 6.61 Å². The summed E-state index contributed by atoms with van der Waals surface area (Å²) in [6, 6.07) is 14.5. The van der Waals surface area contributed by atoms with Crippen molar-refractivity contribution >= 4 is 29.2 Å². The van der Waals surface area contributed by atoms with Gasteiger partial charge in [-0.25, -0.2) is 9.18 Å². The van der Waals surface area contributed by atoms with Gasteiger partial charge in [0.05, 0.1) is 0 Å². The van der Waals surface area contributed by atoms with E-state index < -0.39 is 12.6 Å². The van der Waals surface area contributed by atoms with Gasteiger partial charge < -0.3 is 14.9 Å². The van der Waals surface area contributed by atoms with Crippen LogP contribution in [0.25, 0.3) is 0 Å². The molecule has 0 aliphatic heterocycles. The van der Waals surface area contributed by atoms with E-state index in [9.17, 15) is 14.3 Å². The van der Waals surface area contributed by atoms with Gasteiger partial charge in [0.2, 0.25) is 0 Å². The van der Waals surface area contributed by atoms with Crippen LogP contribution >= 0.6 is 23.2 Å². The zero-order valence-corrected chi connectivity index (χ0v) is 17.5. The summed E-state index contributed by atoms with van der Waals surface area (Å²) >= 11 is 12.7. The van der Waals surface area contributed by atoms with Crippen LogP contribution in [0.2, 0.25) is 10.0 Å². The summed E-state index contributed by atoms with van der Waals surface area (Å²) in [5.41, 5.74) is 3.11. The second kappa shape index (κ2) is 9.37. The molecular weight excluding hydrogens is 430 g/mol. The molecule has 0 saturated heterocycles. The molecule has 0 aliphatic rings. The van der Waals surface area contributed by atoms with E-state index in [0.29, 0.717) is 27.6 Å². The number of hydrogen-bond acceptors (Lipinski definition) is 3. The van der Waals surface area contributed by atoms with Crippen molar-refractivity contribution < 1.29 is 24.1 Å². The Kier molecular flexibility index (Phi) is 6.85. The summed E-state index contributed by atoms with van der Waals surface area (Å²) in [5.74, 6) is -1.15. The van der Waals surface area contributed by atoms with E-state index >= 15 is 0 Å². The Bertz CT molecular complexity index is 1040.